The van der Waals surface area contributed by atoms with Crippen molar-refractivity contribution in [3.8, 4) is 0 Å². The number of aryl methyl sites for hydroxylation is 1. The van der Waals surface area contributed by atoms with Crippen LogP contribution in [0.5, 0.6) is 0 Å². The van der Waals surface area contributed by atoms with Gasteiger partial charge in [-0.2, -0.15) is 0 Å². The molecule has 20 heavy (non-hydrogen) atoms. The maximum absolute atomic E-state index is 12.1. The molecule has 0 aliphatic carbocycles. The maximum Gasteiger partial charge on any atom is 0.345 e. The van der Waals surface area contributed by atoms with E-state index in [-0.39, 0.29) is 20.1 Å². The van der Waals surface area contributed by atoms with Gasteiger partial charge in [-0.15, -0.1) is 11.3 Å². The third-order valence-electron chi connectivity index (χ3n) is 2.28. The number of sulfonamides is 1. The Morgan fingerprint density at radius 2 is 2.25 bits per heavy atom. The van der Waals surface area contributed by atoms with Gasteiger partial charge in [-0.3, -0.25) is 0 Å². The maximum atomic E-state index is 12.1. The largest absolute Gasteiger partial charge is 0.477 e. The van der Waals surface area contributed by atoms with Crippen LogP contribution < -0.4 is 4.72 Å². The molecule has 0 aliphatic rings. The van der Waals surface area contributed by atoms with Crippen molar-refractivity contribution in [1.29, 1.82) is 0 Å². The number of hydrogen-bond donors (Lipinski definition) is 2. The van der Waals surface area contributed by atoms with E-state index in [1.807, 2.05) is 0 Å². The monoisotopic (exact) mass is 380 g/mol. The summed E-state index contributed by atoms with van der Waals surface area (Å²) in [6, 6.07) is 2.71. The molecule has 7 nitrogen and oxygen atoms in total. The second kappa shape index (κ2) is 5.64. The van der Waals surface area contributed by atoms with Crippen molar-refractivity contribution in [2.75, 3.05) is 0 Å². The molecule has 2 aromatic rings. The number of carboxylic acids is 1. The molecule has 0 aromatic carbocycles. The molecule has 2 heterocycles. The molecule has 10 heteroatoms. The number of rotatable bonds is 5. The van der Waals surface area contributed by atoms with Gasteiger partial charge >= 0.3 is 5.97 Å². The Balaban J connectivity index is 2.20. The van der Waals surface area contributed by atoms with Crippen LogP contribution in [-0.2, 0) is 16.6 Å². The molecule has 0 fully saturated rings. The van der Waals surface area contributed by atoms with Gasteiger partial charge < -0.3 is 9.63 Å². The fourth-order valence-electron chi connectivity index (χ4n) is 1.39. The highest BCUT2D eigenvalue weighted by atomic mass is 79.9. The Morgan fingerprint density at radius 3 is 2.75 bits per heavy atom. The van der Waals surface area contributed by atoms with Crippen LogP contribution in [0.3, 0.4) is 0 Å². The zero-order valence-corrected chi connectivity index (χ0v) is 13.3. The van der Waals surface area contributed by atoms with Crippen molar-refractivity contribution in [3.63, 3.8) is 0 Å². The highest BCUT2D eigenvalue weighted by Gasteiger charge is 2.23. The average Bonchev–Trinajstić information content (AvgIpc) is 2.93. The molecule has 0 aliphatic heterocycles. The van der Waals surface area contributed by atoms with Crippen LogP contribution in [0, 0.1) is 6.92 Å². The van der Waals surface area contributed by atoms with Gasteiger partial charge in [-0.25, -0.2) is 17.9 Å². The molecule has 0 amide bonds. The Kier molecular flexibility index (Phi) is 4.28. The minimum absolute atomic E-state index is 0.0373. The Hall–Kier alpha value is -1.23. The number of halogens is 1. The zero-order valence-electron chi connectivity index (χ0n) is 10.1. The quantitative estimate of drug-likeness (QED) is 0.820. The Morgan fingerprint density at radius 1 is 1.55 bits per heavy atom. The van der Waals surface area contributed by atoms with Crippen molar-refractivity contribution in [3.05, 3.63) is 32.3 Å². The fourth-order valence-corrected chi connectivity index (χ4v) is 4.79. The normalized spacial score (nSPS) is 11.7. The first-order valence-electron chi connectivity index (χ1n) is 5.24. The lowest BCUT2D eigenvalue weighted by Gasteiger charge is -2.03. The predicted octanol–water partition coefficient (Wildman–Crippen LogP) is 1.98. The van der Waals surface area contributed by atoms with Crippen LogP contribution in [0.1, 0.15) is 21.1 Å². The summed E-state index contributed by atoms with van der Waals surface area (Å²) in [5.41, 5.74) is 0.441. The van der Waals surface area contributed by atoms with Gasteiger partial charge in [0.05, 0.1) is 16.0 Å². The second-order valence-electron chi connectivity index (χ2n) is 3.81. The van der Waals surface area contributed by atoms with Crippen LogP contribution in [0.2, 0.25) is 0 Å². The first-order chi connectivity index (χ1) is 9.29. The summed E-state index contributed by atoms with van der Waals surface area (Å²) in [6.45, 7) is 1.66. The molecule has 0 saturated heterocycles. The molecule has 2 N–H and O–H groups in total. The highest BCUT2D eigenvalue weighted by molar-refractivity contribution is 9.11. The Labute approximate surface area is 126 Å². The van der Waals surface area contributed by atoms with Crippen LogP contribution in [0.15, 0.2) is 25.3 Å². The zero-order chi connectivity index (χ0) is 14.9. The summed E-state index contributed by atoms with van der Waals surface area (Å²) in [4.78, 5) is 10.7. The first-order valence-corrected chi connectivity index (χ1v) is 8.33. The summed E-state index contributed by atoms with van der Waals surface area (Å²) in [7, 11) is -3.82. The van der Waals surface area contributed by atoms with Gasteiger partial charge in [-0.1, -0.05) is 5.16 Å². The lowest BCUT2D eigenvalue weighted by Crippen LogP contribution is -2.23. The molecule has 2 aromatic heterocycles. The predicted molar refractivity (Wildman–Crippen MR) is 74.2 cm³/mol. The van der Waals surface area contributed by atoms with E-state index in [2.05, 4.69) is 25.8 Å². The number of nitrogens with zero attached hydrogens (tertiary/aromatic N) is 1. The second-order valence-corrected chi connectivity index (χ2v) is 7.91. The van der Waals surface area contributed by atoms with E-state index in [1.54, 1.807) is 13.0 Å². The van der Waals surface area contributed by atoms with E-state index in [0.29, 0.717) is 11.5 Å². The van der Waals surface area contributed by atoms with Crippen molar-refractivity contribution in [2.24, 2.45) is 0 Å². The molecule has 0 bridgehead atoms. The number of aromatic carboxylic acids is 1. The SMILES string of the molecule is Cc1cc(CNS(=O)(=O)c2cc(C(=O)O)sc2Br)no1. The van der Waals surface area contributed by atoms with Crippen molar-refractivity contribution >= 4 is 43.3 Å². The van der Waals surface area contributed by atoms with Gasteiger partial charge in [0.2, 0.25) is 10.0 Å². The first kappa shape index (κ1) is 15.2. The molecule has 0 unspecified atom stereocenters. The fraction of sp³-hybridized carbons (Fsp3) is 0.200. The number of thiophene rings is 1. The summed E-state index contributed by atoms with van der Waals surface area (Å²) >= 11 is 3.89. The van der Waals surface area contributed by atoms with Crippen LogP contribution >= 0.6 is 27.3 Å². The molecule has 0 spiro atoms. The van der Waals surface area contributed by atoms with E-state index < -0.39 is 16.0 Å². The summed E-state index contributed by atoms with van der Waals surface area (Å²) in [5.74, 6) is -0.603. The number of hydrogen-bond acceptors (Lipinski definition) is 6. The van der Waals surface area contributed by atoms with E-state index in [1.165, 1.54) is 0 Å². The summed E-state index contributed by atoms with van der Waals surface area (Å²) < 4.78 is 31.6. The van der Waals surface area contributed by atoms with Gasteiger partial charge in [0, 0.05) is 6.07 Å². The van der Waals surface area contributed by atoms with E-state index in [9.17, 15) is 13.2 Å². The molecule has 0 saturated carbocycles. The topological polar surface area (TPSA) is 110 Å². The molecule has 0 radical (unpaired) electrons. The third kappa shape index (κ3) is 3.26. The summed E-state index contributed by atoms with van der Waals surface area (Å²) in [5, 5.41) is 12.5. The minimum atomic E-state index is -3.82. The van der Waals surface area contributed by atoms with Crippen LogP contribution in [0.4, 0.5) is 0 Å². The van der Waals surface area contributed by atoms with Crippen molar-refractivity contribution < 1.29 is 22.8 Å². The molecular formula is C10H9BrN2O5S2. The number of carboxylic acid groups (broad SMARTS) is 1. The standard InChI is InChI=1S/C10H9BrN2O5S2/c1-5-2-6(13-18-5)4-12-20(16,17)8-3-7(10(14)15)19-9(8)11/h2-3,12H,4H2,1H3,(H,14,15). The lowest BCUT2D eigenvalue weighted by molar-refractivity contribution is 0.0702. The van der Waals surface area contributed by atoms with Crippen molar-refractivity contribution in [2.45, 2.75) is 18.4 Å². The number of aromatic nitrogens is 1. The van der Waals surface area contributed by atoms with Gasteiger partial charge in [0.25, 0.3) is 0 Å². The van der Waals surface area contributed by atoms with Gasteiger partial charge in [0.1, 0.15) is 15.5 Å². The van der Waals surface area contributed by atoms with E-state index in [4.69, 9.17) is 9.63 Å². The van der Waals surface area contributed by atoms with Crippen LogP contribution in [-0.4, -0.2) is 24.7 Å². The van der Waals surface area contributed by atoms with Crippen LogP contribution in [0.25, 0.3) is 0 Å². The third-order valence-corrected chi connectivity index (χ3v) is 5.92. The van der Waals surface area contributed by atoms with Crippen molar-refractivity contribution in [1.82, 2.24) is 9.88 Å². The average molecular weight is 381 g/mol. The highest BCUT2D eigenvalue weighted by Crippen LogP contribution is 2.31. The van der Waals surface area contributed by atoms with Gasteiger partial charge in [0.15, 0.2) is 0 Å². The minimum Gasteiger partial charge on any atom is -0.477 e. The molecular weight excluding hydrogens is 372 g/mol. The number of nitrogens with one attached hydrogen (secondary N) is 1. The molecule has 108 valence electrons. The lowest BCUT2D eigenvalue weighted by atomic mass is 10.4. The van der Waals surface area contributed by atoms with E-state index >= 15 is 0 Å². The molecule has 0 atom stereocenters. The smallest absolute Gasteiger partial charge is 0.345 e. The van der Waals surface area contributed by atoms with Gasteiger partial charge in [-0.05, 0) is 28.9 Å². The summed E-state index contributed by atoms with van der Waals surface area (Å²) in [6.07, 6.45) is 0. The Bertz CT molecular complexity index is 750. The molecule has 2 rings (SSSR count). The number of carbonyl (C=O) groups is 1. The van der Waals surface area contributed by atoms with E-state index in [0.717, 1.165) is 17.4 Å².